The first-order valence-corrected chi connectivity index (χ1v) is 12.1. The van der Waals surface area contributed by atoms with E-state index in [1.54, 1.807) is 13.8 Å². The van der Waals surface area contributed by atoms with Gasteiger partial charge < -0.3 is 25.2 Å². The molecule has 6 nitrogen and oxygen atoms in total. The molecule has 0 radical (unpaired) electrons. The third-order valence-corrected chi connectivity index (χ3v) is 5.91. The van der Waals surface area contributed by atoms with E-state index in [4.69, 9.17) is 4.74 Å². The Kier molecular flexibility index (Phi) is 14.7. The summed E-state index contributed by atoms with van der Waals surface area (Å²) in [5.74, 6) is -0.477. The van der Waals surface area contributed by atoms with Crippen molar-refractivity contribution in [2.24, 2.45) is 0 Å². The third-order valence-electron chi connectivity index (χ3n) is 5.91. The minimum atomic E-state index is -1.45. The summed E-state index contributed by atoms with van der Waals surface area (Å²) in [5, 5.41) is 40.1. The highest BCUT2D eigenvalue weighted by Crippen LogP contribution is 2.19. The smallest absolute Gasteiger partial charge is 0.302 e. The van der Waals surface area contributed by atoms with Crippen LogP contribution in [0.1, 0.15) is 99.8 Å². The molecule has 0 spiro atoms. The SMILES string of the molecule is CC(=O)OC[C@](C)(O)[C@@H](O)CC/C(C)=C/CC/C=C(\C)CC/C=C(\C)CC[C@@H](O)C(C)(C)O. The fourth-order valence-corrected chi connectivity index (χ4v) is 3.25. The van der Waals surface area contributed by atoms with Crippen molar-refractivity contribution in [1.82, 2.24) is 0 Å². The van der Waals surface area contributed by atoms with Crippen molar-refractivity contribution in [2.75, 3.05) is 6.61 Å². The normalized spacial score (nSPS) is 17.5. The number of carbonyl (C=O) groups is 1. The van der Waals surface area contributed by atoms with Crippen molar-refractivity contribution < 1.29 is 30.0 Å². The van der Waals surface area contributed by atoms with Crippen LogP contribution in [0.3, 0.4) is 0 Å². The first-order chi connectivity index (χ1) is 15.1. The molecule has 0 amide bonds. The average Bonchev–Trinajstić information content (AvgIpc) is 2.71. The highest BCUT2D eigenvalue weighted by Gasteiger charge is 2.31. The Morgan fingerprint density at radius 3 is 1.64 bits per heavy atom. The molecule has 4 N–H and O–H groups in total. The molecular weight excluding hydrogens is 420 g/mol. The summed E-state index contributed by atoms with van der Waals surface area (Å²) in [6, 6.07) is 0. The Hall–Kier alpha value is -1.47. The second-order valence-electron chi connectivity index (χ2n) is 10.2. The van der Waals surface area contributed by atoms with Crippen LogP contribution in [0.5, 0.6) is 0 Å². The average molecular weight is 469 g/mol. The molecule has 0 aromatic rings. The van der Waals surface area contributed by atoms with Crippen molar-refractivity contribution in [3.8, 4) is 0 Å². The van der Waals surface area contributed by atoms with Crippen LogP contribution in [0.25, 0.3) is 0 Å². The number of unbranched alkanes of at least 4 members (excludes halogenated alkanes) is 1. The molecule has 0 fully saturated rings. The number of aliphatic hydroxyl groups is 4. The van der Waals surface area contributed by atoms with Gasteiger partial charge >= 0.3 is 5.97 Å². The number of hydrogen-bond acceptors (Lipinski definition) is 6. The molecule has 0 aromatic heterocycles. The van der Waals surface area contributed by atoms with Gasteiger partial charge in [-0.25, -0.2) is 0 Å². The quantitative estimate of drug-likeness (QED) is 0.148. The second-order valence-corrected chi connectivity index (χ2v) is 10.2. The number of esters is 1. The molecule has 192 valence electrons. The van der Waals surface area contributed by atoms with Crippen LogP contribution in [0.2, 0.25) is 0 Å². The van der Waals surface area contributed by atoms with Crippen LogP contribution >= 0.6 is 0 Å². The Bertz CT molecular complexity index is 667. The number of ether oxygens (including phenoxy) is 1. The van der Waals surface area contributed by atoms with Crippen LogP contribution in [0, 0.1) is 0 Å². The number of carbonyl (C=O) groups excluding carboxylic acids is 1. The lowest BCUT2D eigenvalue weighted by molar-refractivity contribution is -0.156. The lowest BCUT2D eigenvalue weighted by atomic mass is 9.94. The number of rotatable bonds is 16. The van der Waals surface area contributed by atoms with Gasteiger partial charge in [0.25, 0.3) is 0 Å². The van der Waals surface area contributed by atoms with Gasteiger partial charge in [0.05, 0.1) is 17.8 Å². The van der Waals surface area contributed by atoms with E-state index < -0.39 is 29.4 Å². The maximum atomic E-state index is 10.9. The van der Waals surface area contributed by atoms with E-state index in [0.717, 1.165) is 37.7 Å². The van der Waals surface area contributed by atoms with Gasteiger partial charge in [-0.3, -0.25) is 4.79 Å². The summed E-state index contributed by atoms with van der Waals surface area (Å²) >= 11 is 0. The molecular formula is C27H48O6. The van der Waals surface area contributed by atoms with E-state index in [1.165, 1.54) is 25.0 Å². The molecule has 0 unspecified atom stereocenters. The molecule has 0 heterocycles. The number of hydrogen-bond donors (Lipinski definition) is 4. The van der Waals surface area contributed by atoms with Gasteiger partial charge in [0.15, 0.2) is 0 Å². The highest BCUT2D eigenvalue weighted by atomic mass is 16.5. The van der Waals surface area contributed by atoms with E-state index in [9.17, 15) is 25.2 Å². The van der Waals surface area contributed by atoms with Gasteiger partial charge in [0.1, 0.15) is 12.2 Å². The van der Waals surface area contributed by atoms with E-state index >= 15 is 0 Å². The van der Waals surface area contributed by atoms with Gasteiger partial charge in [-0.1, -0.05) is 34.9 Å². The summed E-state index contributed by atoms with van der Waals surface area (Å²) < 4.78 is 4.82. The Morgan fingerprint density at radius 2 is 1.18 bits per heavy atom. The third kappa shape index (κ3) is 15.9. The van der Waals surface area contributed by atoms with Crippen LogP contribution < -0.4 is 0 Å². The second kappa shape index (κ2) is 15.4. The summed E-state index contributed by atoms with van der Waals surface area (Å²) in [6.07, 6.45) is 11.2. The van der Waals surface area contributed by atoms with Gasteiger partial charge in [-0.2, -0.15) is 0 Å². The molecule has 0 aromatic carbocycles. The maximum absolute atomic E-state index is 10.9. The molecule has 0 bridgehead atoms. The summed E-state index contributed by atoms with van der Waals surface area (Å²) in [7, 11) is 0. The maximum Gasteiger partial charge on any atom is 0.302 e. The summed E-state index contributed by atoms with van der Waals surface area (Å²) in [4.78, 5) is 10.9. The van der Waals surface area contributed by atoms with Gasteiger partial charge in [0.2, 0.25) is 0 Å². The monoisotopic (exact) mass is 468 g/mol. The van der Waals surface area contributed by atoms with Gasteiger partial charge in [0, 0.05) is 6.92 Å². The van der Waals surface area contributed by atoms with E-state index in [2.05, 4.69) is 32.1 Å². The van der Waals surface area contributed by atoms with Gasteiger partial charge in [-0.15, -0.1) is 0 Å². The molecule has 0 rings (SSSR count). The van der Waals surface area contributed by atoms with Crippen LogP contribution in [0.4, 0.5) is 0 Å². The van der Waals surface area contributed by atoms with E-state index in [0.29, 0.717) is 19.3 Å². The van der Waals surface area contributed by atoms with E-state index in [-0.39, 0.29) is 6.61 Å². The minimum Gasteiger partial charge on any atom is -0.463 e. The van der Waals surface area contributed by atoms with E-state index in [1.807, 2.05) is 6.92 Å². The van der Waals surface area contributed by atoms with Crippen molar-refractivity contribution >= 4 is 5.97 Å². The first-order valence-electron chi connectivity index (χ1n) is 12.1. The zero-order valence-corrected chi connectivity index (χ0v) is 21.9. The Balaban J connectivity index is 4.24. The molecule has 0 saturated carbocycles. The van der Waals surface area contributed by atoms with Crippen molar-refractivity contribution in [3.05, 3.63) is 34.9 Å². The highest BCUT2D eigenvalue weighted by molar-refractivity contribution is 5.65. The summed E-state index contributed by atoms with van der Waals surface area (Å²) in [5.41, 5.74) is 1.23. The topological polar surface area (TPSA) is 107 Å². The molecule has 0 aliphatic heterocycles. The molecule has 6 heteroatoms. The largest absolute Gasteiger partial charge is 0.463 e. The number of aliphatic hydroxyl groups excluding tert-OH is 2. The zero-order chi connectivity index (χ0) is 25.7. The molecule has 3 atom stereocenters. The predicted octanol–water partition coefficient (Wildman–Crippen LogP) is 4.75. The number of allylic oxidation sites excluding steroid dienone is 6. The summed E-state index contributed by atoms with van der Waals surface area (Å²) in [6.45, 7) is 12.0. The Labute approximate surface area is 201 Å². The van der Waals surface area contributed by atoms with Crippen LogP contribution in [-0.4, -0.2) is 56.4 Å². The van der Waals surface area contributed by atoms with Crippen LogP contribution in [0.15, 0.2) is 34.9 Å². The molecule has 0 aliphatic rings. The lowest BCUT2D eigenvalue weighted by Gasteiger charge is -2.28. The van der Waals surface area contributed by atoms with Crippen molar-refractivity contribution in [2.45, 2.75) is 123 Å². The standard InChI is InChI=1S/C27H48O6/c1-20(13-10-14-22(3)15-17-24(29)26(5,6)31)11-8-9-12-21(2)16-18-25(30)27(7,32)19-33-23(4)28/h11-12,14,24-25,29-32H,8-10,13,15-19H2,1-7H3/b20-11+,21-12+,22-14+/t24-,25+,27+/m1/s1. The van der Waals surface area contributed by atoms with Crippen LogP contribution in [-0.2, 0) is 9.53 Å². The molecule has 0 aliphatic carbocycles. The lowest BCUT2D eigenvalue weighted by Crippen LogP contribution is -2.44. The molecule has 0 saturated heterocycles. The minimum absolute atomic E-state index is 0.214. The fraction of sp³-hybridized carbons (Fsp3) is 0.741. The van der Waals surface area contributed by atoms with Crippen molar-refractivity contribution in [3.63, 3.8) is 0 Å². The fourth-order valence-electron chi connectivity index (χ4n) is 3.25. The van der Waals surface area contributed by atoms with Crippen molar-refractivity contribution in [1.29, 1.82) is 0 Å². The molecule has 33 heavy (non-hydrogen) atoms. The van der Waals surface area contributed by atoms with Gasteiger partial charge in [-0.05, 0) is 92.9 Å². The Morgan fingerprint density at radius 1 is 0.758 bits per heavy atom. The zero-order valence-electron chi connectivity index (χ0n) is 21.9. The first kappa shape index (κ1) is 31.5. The predicted molar refractivity (Wildman–Crippen MR) is 134 cm³/mol.